The van der Waals surface area contributed by atoms with Gasteiger partial charge in [0.25, 0.3) is 0 Å². The van der Waals surface area contributed by atoms with Crippen molar-refractivity contribution in [2.45, 2.75) is 39.3 Å². The number of sulfonamides is 1. The van der Waals surface area contributed by atoms with Crippen LogP contribution in [0.2, 0.25) is 0 Å². The summed E-state index contributed by atoms with van der Waals surface area (Å²) in [6, 6.07) is 3.12. The number of nitrogens with zero attached hydrogens (tertiary/aromatic N) is 4. The van der Waals surface area contributed by atoms with Crippen molar-refractivity contribution in [2.75, 3.05) is 18.8 Å². The van der Waals surface area contributed by atoms with Gasteiger partial charge in [0.2, 0.25) is 10.0 Å². The first-order valence-corrected chi connectivity index (χ1v) is 10.6. The van der Waals surface area contributed by atoms with Crippen molar-refractivity contribution in [3.63, 3.8) is 0 Å². The highest BCUT2D eigenvalue weighted by molar-refractivity contribution is 7.89. The minimum atomic E-state index is -3.30. The molecule has 0 radical (unpaired) electrons. The summed E-state index contributed by atoms with van der Waals surface area (Å²) in [6.45, 7) is 3.98. The Labute approximate surface area is 157 Å². The van der Waals surface area contributed by atoms with Crippen LogP contribution in [0.3, 0.4) is 0 Å². The van der Waals surface area contributed by atoms with Crippen molar-refractivity contribution in [3.05, 3.63) is 28.8 Å². The number of imidazole rings is 1. The molecule has 0 atom stereocenters. The zero-order valence-corrected chi connectivity index (χ0v) is 16.2. The monoisotopic (exact) mass is 396 g/mol. The molecule has 2 aromatic rings. The molecule has 1 aliphatic rings. The zero-order chi connectivity index (χ0) is 19.8. The van der Waals surface area contributed by atoms with Crippen LogP contribution in [0, 0.1) is 5.92 Å². The van der Waals surface area contributed by atoms with Crippen LogP contribution in [-0.2, 0) is 21.4 Å². The second kappa shape index (κ2) is 7.43. The Hall–Kier alpha value is -2.20. The Morgan fingerprint density at radius 2 is 2.00 bits per heavy atom. The molecule has 9 nitrogen and oxygen atoms in total. The molecule has 2 aromatic heterocycles. The Morgan fingerprint density at radius 3 is 2.59 bits per heavy atom. The highest BCUT2D eigenvalue weighted by atomic mass is 32.2. The summed E-state index contributed by atoms with van der Waals surface area (Å²) in [5, 5.41) is 9.10. The van der Waals surface area contributed by atoms with E-state index in [2.05, 4.69) is 4.98 Å². The SMILES string of the molecule is CC(C)CS(=O)(=O)N1CCC(n2c(=O)n(CC(=O)O)c3cccnc32)CC1. The van der Waals surface area contributed by atoms with Crippen LogP contribution in [0.25, 0.3) is 11.2 Å². The van der Waals surface area contributed by atoms with Crippen molar-refractivity contribution < 1.29 is 18.3 Å². The third-order valence-electron chi connectivity index (χ3n) is 4.74. The van der Waals surface area contributed by atoms with Gasteiger partial charge in [0, 0.05) is 25.3 Å². The lowest BCUT2D eigenvalue weighted by atomic mass is 10.1. The van der Waals surface area contributed by atoms with Crippen molar-refractivity contribution >= 4 is 27.2 Å². The number of aliphatic carboxylic acids is 1. The first-order chi connectivity index (χ1) is 12.7. The molecule has 0 unspecified atom stereocenters. The number of carboxylic acid groups (broad SMARTS) is 1. The molecule has 3 heterocycles. The minimum Gasteiger partial charge on any atom is -0.480 e. The maximum Gasteiger partial charge on any atom is 0.331 e. The maximum absolute atomic E-state index is 12.8. The molecule has 1 aliphatic heterocycles. The zero-order valence-electron chi connectivity index (χ0n) is 15.4. The number of carboxylic acids is 1. The predicted octanol–water partition coefficient (Wildman–Crippen LogP) is 0.905. The average molecular weight is 396 g/mol. The molecular formula is C17H24N4O5S. The molecular weight excluding hydrogens is 372 g/mol. The minimum absolute atomic E-state index is 0.0496. The van der Waals surface area contributed by atoms with Crippen molar-refractivity contribution in [1.82, 2.24) is 18.4 Å². The van der Waals surface area contributed by atoms with Crippen LogP contribution in [0.15, 0.2) is 23.1 Å². The van der Waals surface area contributed by atoms with Gasteiger partial charge in [-0.1, -0.05) is 13.8 Å². The van der Waals surface area contributed by atoms with Crippen LogP contribution in [-0.4, -0.2) is 56.8 Å². The number of aromatic nitrogens is 3. The maximum atomic E-state index is 12.8. The van der Waals surface area contributed by atoms with Crippen LogP contribution in [0.4, 0.5) is 0 Å². The lowest BCUT2D eigenvalue weighted by Crippen LogP contribution is -2.42. The summed E-state index contributed by atoms with van der Waals surface area (Å²) in [5.41, 5.74) is 0.488. The van der Waals surface area contributed by atoms with Gasteiger partial charge in [0.15, 0.2) is 5.65 Å². The number of hydrogen-bond donors (Lipinski definition) is 1. The van der Waals surface area contributed by atoms with E-state index < -0.39 is 28.2 Å². The summed E-state index contributed by atoms with van der Waals surface area (Å²) in [4.78, 5) is 28.2. The number of rotatable bonds is 6. The van der Waals surface area contributed by atoms with E-state index in [-0.39, 0.29) is 17.7 Å². The van der Waals surface area contributed by atoms with Gasteiger partial charge in [-0.25, -0.2) is 22.5 Å². The summed E-state index contributed by atoms with van der Waals surface area (Å²) in [7, 11) is -3.30. The van der Waals surface area contributed by atoms with Gasteiger partial charge >= 0.3 is 11.7 Å². The van der Waals surface area contributed by atoms with Crippen LogP contribution in [0.5, 0.6) is 0 Å². The molecule has 1 fully saturated rings. The fourth-order valence-electron chi connectivity index (χ4n) is 3.63. The largest absolute Gasteiger partial charge is 0.480 e. The highest BCUT2D eigenvalue weighted by Gasteiger charge is 2.31. The third-order valence-corrected chi connectivity index (χ3v) is 6.98. The van der Waals surface area contributed by atoms with Crippen LogP contribution in [0.1, 0.15) is 32.7 Å². The van der Waals surface area contributed by atoms with Gasteiger partial charge in [0.05, 0.1) is 11.3 Å². The first kappa shape index (κ1) is 19.6. The number of piperidine rings is 1. The highest BCUT2D eigenvalue weighted by Crippen LogP contribution is 2.26. The van der Waals surface area contributed by atoms with E-state index >= 15 is 0 Å². The van der Waals surface area contributed by atoms with E-state index in [0.717, 1.165) is 0 Å². The normalized spacial score (nSPS) is 17.0. The molecule has 0 amide bonds. The smallest absolute Gasteiger partial charge is 0.331 e. The second-order valence-corrected chi connectivity index (χ2v) is 9.29. The molecule has 3 rings (SSSR count). The average Bonchev–Trinajstić information content (AvgIpc) is 2.86. The standard InChI is InChI=1S/C17H24N4O5S/c1-12(2)11-27(25,26)19-8-5-13(6-9-19)21-16-14(4-3-7-18-16)20(17(21)24)10-15(22)23/h3-4,7,12-13H,5-6,8-11H2,1-2H3,(H,22,23). The summed E-state index contributed by atoms with van der Waals surface area (Å²) < 4.78 is 29.0. The molecule has 148 valence electrons. The molecule has 10 heteroatoms. The lowest BCUT2D eigenvalue weighted by Gasteiger charge is -2.32. The quantitative estimate of drug-likeness (QED) is 0.776. The van der Waals surface area contributed by atoms with Gasteiger partial charge in [-0.2, -0.15) is 0 Å². The van der Waals surface area contributed by atoms with Crippen LogP contribution < -0.4 is 5.69 Å². The van der Waals surface area contributed by atoms with Crippen molar-refractivity contribution in [3.8, 4) is 0 Å². The molecule has 0 aliphatic carbocycles. The summed E-state index contributed by atoms with van der Waals surface area (Å²) >= 11 is 0. The van der Waals surface area contributed by atoms with Gasteiger partial charge in [-0.15, -0.1) is 0 Å². The third kappa shape index (κ3) is 3.91. The fourth-order valence-corrected chi connectivity index (χ4v) is 5.45. The van der Waals surface area contributed by atoms with Gasteiger partial charge in [-0.3, -0.25) is 13.9 Å². The van der Waals surface area contributed by atoms with Crippen molar-refractivity contribution in [1.29, 1.82) is 0 Å². The van der Waals surface area contributed by atoms with E-state index in [0.29, 0.717) is 37.1 Å². The number of pyridine rings is 1. The molecule has 0 aromatic carbocycles. The molecule has 0 bridgehead atoms. The van der Waals surface area contributed by atoms with E-state index in [9.17, 15) is 18.0 Å². The van der Waals surface area contributed by atoms with Gasteiger partial charge in [-0.05, 0) is 30.9 Å². The topological polar surface area (TPSA) is 114 Å². The lowest BCUT2D eigenvalue weighted by molar-refractivity contribution is -0.137. The fraction of sp³-hybridized carbons (Fsp3) is 0.588. The number of fused-ring (bicyclic) bond motifs is 1. The first-order valence-electron chi connectivity index (χ1n) is 8.96. The van der Waals surface area contributed by atoms with E-state index in [1.807, 2.05) is 13.8 Å². The van der Waals surface area contributed by atoms with E-state index in [1.165, 1.54) is 13.4 Å². The molecule has 1 N–H and O–H groups in total. The van der Waals surface area contributed by atoms with E-state index in [4.69, 9.17) is 5.11 Å². The summed E-state index contributed by atoms with van der Waals surface area (Å²) in [6.07, 6.45) is 2.53. The second-order valence-electron chi connectivity index (χ2n) is 7.28. The Balaban J connectivity index is 1.89. The predicted molar refractivity (Wildman–Crippen MR) is 100 cm³/mol. The molecule has 1 saturated heterocycles. The summed E-state index contributed by atoms with van der Waals surface area (Å²) in [5.74, 6) is -0.944. The molecule has 0 spiro atoms. The van der Waals surface area contributed by atoms with Crippen LogP contribution >= 0.6 is 0 Å². The van der Waals surface area contributed by atoms with E-state index in [1.54, 1.807) is 18.3 Å². The van der Waals surface area contributed by atoms with Gasteiger partial charge < -0.3 is 5.11 Å². The van der Waals surface area contributed by atoms with Crippen molar-refractivity contribution in [2.24, 2.45) is 5.92 Å². The number of carbonyl (C=O) groups is 1. The molecule has 27 heavy (non-hydrogen) atoms. The Morgan fingerprint density at radius 1 is 1.33 bits per heavy atom. The Bertz CT molecular complexity index is 1000. The Kier molecular flexibility index (Phi) is 5.38. The number of hydrogen-bond acceptors (Lipinski definition) is 5. The van der Waals surface area contributed by atoms with Gasteiger partial charge in [0.1, 0.15) is 6.54 Å². The molecule has 0 saturated carbocycles.